The summed E-state index contributed by atoms with van der Waals surface area (Å²) < 4.78 is 29.3. The van der Waals surface area contributed by atoms with Crippen LogP contribution in [0.15, 0.2) is 10.6 Å². The van der Waals surface area contributed by atoms with E-state index in [1.807, 2.05) is 0 Å². The lowest BCUT2D eigenvalue weighted by Crippen LogP contribution is -2.42. The minimum absolute atomic E-state index is 0.118. The summed E-state index contributed by atoms with van der Waals surface area (Å²) in [4.78, 5) is 12.0. The first-order valence-electron chi connectivity index (χ1n) is 6.82. The molecule has 112 valence electrons. The fraction of sp³-hybridized carbons (Fsp3) is 0.692. The number of aryl methyl sites for hydroxylation is 1. The number of hydrogen-bond acceptors (Lipinski definition) is 5. The van der Waals surface area contributed by atoms with E-state index in [1.165, 1.54) is 6.92 Å². The van der Waals surface area contributed by atoms with E-state index in [0.717, 1.165) is 25.7 Å². The smallest absolute Gasteiger partial charge is 0.238 e. The van der Waals surface area contributed by atoms with Crippen molar-refractivity contribution in [3.63, 3.8) is 0 Å². The normalized spacial score (nSPS) is 18.1. The van der Waals surface area contributed by atoms with Crippen molar-refractivity contribution in [1.29, 1.82) is 0 Å². The van der Waals surface area contributed by atoms with Crippen molar-refractivity contribution in [2.75, 3.05) is 0 Å². The minimum Gasteiger partial charge on any atom is -0.360 e. The minimum atomic E-state index is -3.59. The zero-order chi connectivity index (χ0) is 14.8. The molecule has 20 heavy (non-hydrogen) atoms. The molecule has 1 aromatic rings. The molecule has 1 unspecified atom stereocenters. The molecule has 0 saturated heterocycles. The van der Waals surface area contributed by atoms with Gasteiger partial charge in [0.2, 0.25) is 5.91 Å². The molecule has 6 nitrogen and oxygen atoms in total. The summed E-state index contributed by atoms with van der Waals surface area (Å²) in [5.74, 6) is -0.455. The molecule has 1 aliphatic carbocycles. The van der Waals surface area contributed by atoms with Crippen molar-refractivity contribution in [1.82, 2.24) is 10.5 Å². The van der Waals surface area contributed by atoms with Gasteiger partial charge in [-0.2, -0.15) is 0 Å². The van der Waals surface area contributed by atoms with Gasteiger partial charge in [0.15, 0.2) is 15.6 Å². The monoisotopic (exact) mass is 300 g/mol. The Morgan fingerprint density at radius 1 is 1.50 bits per heavy atom. The van der Waals surface area contributed by atoms with Crippen molar-refractivity contribution < 1.29 is 17.7 Å². The first kappa shape index (κ1) is 15.0. The van der Waals surface area contributed by atoms with Gasteiger partial charge in [-0.25, -0.2) is 8.42 Å². The standard InChI is InChI=1S/C13H20N2O4S/c1-9-7-12(19-15-9)8-20(17,18)10(2)13(16)14-11-5-3-4-6-11/h7,10-11H,3-6,8H2,1-2H3,(H,14,16). The molecule has 1 amide bonds. The van der Waals surface area contributed by atoms with E-state index < -0.39 is 21.0 Å². The van der Waals surface area contributed by atoms with Gasteiger partial charge in [-0.05, 0) is 26.7 Å². The maximum atomic E-state index is 12.2. The second-order valence-corrected chi connectivity index (χ2v) is 7.70. The molecular formula is C13H20N2O4S. The molecule has 1 saturated carbocycles. The van der Waals surface area contributed by atoms with Crippen molar-refractivity contribution in [3.05, 3.63) is 17.5 Å². The van der Waals surface area contributed by atoms with Crippen molar-refractivity contribution >= 4 is 15.7 Å². The summed E-state index contributed by atoms with van der Waals surface area (Å²) in [5, 5.41) is 5.38. The lowest BCUT2D eigenvalue weighted by molar-refractivity contribution is -0.121. The van der Waals surface area contributed by atoms with Gasteiger partial charge in [0.25, 0.3) is 0 Å². The van der Waals surface area contributed by atoms with Crippen LogP contribution in [0.3, 0.4) is 0 Å². The first-order valence-corrected chi connectivity index (χ1v) is 8.54. The molecular weight excluding hydrogens is 280 g/mol. The van der Waals surface area contributed by atoms with Crippen molar-refractivity contribution in [2.24, 2.45) is 0 Å². The fourth-order valence-corrected chi connectivity index (χ4v) is 3.54. The molecule has 1 atom stereocenters. The van der Waals surface area contributed by atoms with Gasteiger partial charge >= 0.3 is 0 Å². The van der Waals surface area contributed by atoms with E-state index in [4.69, 9.17) is 4.52 Å². The number of carbonyl (C=O) groups is 1. The van der Waals surface area contributed by atoms with Crippen LogP contribution in [0.5, 0.6) is 0 Å². The zero-order valence-corrected chi connectivity index (χ0v) is 12.6. The molecule has 1 N–H and O–H groups in total. The van der Waals surface area contributed by atoms with Crippen LogP contribution in [-0.2, 0) is 20.4 Å². The summed E-state index contributed by atoms with van der Waals surface area (Å²) in [6.07, 6.45) is 4.03. The summed E-state index contributed by atoms with van der Waals surface area (Å²) >= 11 is 0. The average molecular weight is 300 g/mol. The molecule has 0 radical (unpaired) electrons. The molecule has 2 rings (SSSR count). The Hall–Kier alpha value is -1.37. The highest BCUT2D eigenvalue weighted by Gasteiger charge is 2.31. The number of nitrogens with one attached hydrogen (secondary N) is 1. The van der Waals surface area contributed by atoms with E-state index in [1.54, 1.807) is 13.0 Å². The number of rotatable bonds is 5. The summed E-state index contributed by atoms with van der Waals surface area (Å²) in [5.41, 5.74) is 0.623. The number of nitrogens with zero attached hydrogens (tertiary/aromatic N) is 1. The van der Waals surface area contributed by atoms with E-state index in [0.29, 0.717) is 5.69 Å². The Bertz CT molecular complexity index is 573. The van der Waals surface area contributed by atoms with Crippen LogP contribution in [0.2, 0.25) is 0 Å². The molecule has 7 heteroatoms. The van der Waals surface area contributed by atoms with Gasteiger partial charge in [0, 0.05) is 12.1 Å². The predicted octanol–water partition coefficient (Wildman–Crippen LogP) is 1.35. The Morgan fingerprint density at radius 3 is 2.70 bits per heavy atom. The molecule has 0 aromatic carbocycles. The van der Waals surface area contributed by atoms with E-state index in [2.05, 4.69) is 10.5 Å². The van der Waals surface area contributed by atoms with Gasteiger partial charge in [0.1, 0.15) is 11.0 Å². The van der Waals surface area contributed by atoms with Crippen molar-refractivity contribution in [2.45, 2.75) is 56.6 Å². The second-order valence-electron chi connectivity index (χ2n) is 5.37. The predicted molar refractivity (Wildman–Crippen MR) is 73.7 cm³/mol. The Morgan fingerprint density at radius 2 is 2.15 bits per heavy atom. The van der Waals surface area contributed by atoms with Crippen LogP contribution in [0.25, 0.3) is 0 Å². The van der Waals surface area contributed by atoms with Gasteiger partial charge < -0.3 is 9.84 Å². The maximum Gasteiger partial charge on any atom is 0.238 e. The second kappa shape index (κ2) is 5.95. The van der Waals surface area contributed by atoms with Crippen LogP contribution in [0.4, 0.5) is 0 Å². The highest BCUT2D eigenvalue weighted by molar-refractivity contribution is 7.92. The van der Waals surface area contributed by atoms with Crippen LogP contribution >= 0.6 is 0 Å². The lowest BCUT2D eigenvalue weighted by atomic mass is 10.2. The molecule has 0 spiro atoms. The molecule has 1 heterocycles. The summed E-state index contributed by atoms with van der Waals surface area (Å²) in [6, 6.07) is 1.69. The summed E-state index contributed by atoms with van der Waals surface area (Å²) in [6.45, 7) is 3.14. The molecule has 1 fully saturated rings. The van der Waals surface area contributed by atoms with Gasteiger partial charge in [-0.15, -0.1) is 0 Å². The van der Waals surface area contributed by atoms with Gasteiger partial charge in [-0.1, -0.05) is 18.0 Å². The number of hydrogen-bond donors (Lipinski definition) is 1. The molecule has 0 bridgehead atoms. The first-order chi connectivity index (χ1) is 9.38. The van der Waals surface area contributed by atoms with Crippen LogP contribution in [0, 0.1) is 6.92 Å². The zero-order valence-electron chi connectivity index (χ0n) is 11.8. The van der Waals surface area contributed by atoms with Crippen LogP contribution in [-0.4, -0.2) is 30.8 Å². The maximum absolute atomic E-state index is 12.2. The number of aromatic nitrogens is 1. The Labute approximate surface area is 118 Å². The Kier molecular flexibility index (Phi) is 4.47. The molecule has 1 aromatic heterocycles. The summed E-state index contributed by atoms with van der Waals surface area (Å²) in [7, 11) is -3.59. The Balaban J connectivity index is 1.98. The quantitative estimate of drug-likeness (QED) is 0.886. The third kappa shape index (κ3) is 3.59. The van der Waals surface area contributed by atoms with E-state index >= 15 is 0 Å². The van der Waals surface area contributed by atoms with Crippen LogP contribution < -0.4 is 5.32 Å². The van der Waals surface area contributed by atoms with Gasteiger partial charge in [0.05, 0.1) is 5.69 Å². The van der Waals surface area contributed by atoms with Gasteiger partial charge in [-0.3, -0.25) is 4.79 Å². The number of carbonyl (C=O) groups excluding carboxylic acids is 1. The number of amides is 1. The fourth-order valence-electron chi connectivity index (χ4n) is 2.36. The lowest BCUT2D eigenvalue weighted by Gasteiger charge is -2.16. The molecule has 1 aliphatic rings. The van der Waals surface area contributed by atoms with Crippen LogP contribution in [0.1, 0.15) is 44.1 Å². The largest absolute Gasteiger partial charge is 0.360 e. The third-order valence-electron chi connectivity index (χ3n) is 3.63. The molecule has 0 aliphatic heterocycles. The number of sulfone groups is 1. The third-order valence-corrected chi connectivity index (χ3v) is 5.61. The van der Waals surface area contributed by atoms with E-state index in [9.17, 15) is 13.2 Å². The average Bonchev–Trinajstić information content (AvgIpc) is 3.00. The van der Waals surface area contributed by atoms with Crippen molar-refractivity contribution in [3.8, 4) is 0 Å². The highest BCUT2D eigenvalue weighted by atomic mass is 32.2. The highest BCUT2D eigenvalue weighted by Crippen LogP contribution is 2.19. The topological polar surface area (TPSA) is 89.3 Å². The SMILES string of the molecule is Cc1cc(CS(=O)(=O)C(C)C(=O)NC2CCCC2)on1. The van der Waals surface area contributed by atoms with E-state index in [-0.39, 0.29) is 17.6 Å².